The van der Waals surface area contributed by atoms with Crippen LogP contribution in [0.3, 0.4) is 0 Å². The third-order valence-electron chi connectivity index (χ3n) is 5.68. The van der Waals surface area contributed by atoms with Crippen LogP contribution in [0, 0.1) is 19.3 Å². The van der Waals surface area contributed by atoms with Gasteiger partial charge in [-0.05, 0) is 80.1 Å². The number of methoxy groups -OCH3 is 1. The molecule has 0 aromatic heterocycles. The van der Waals surface area contributed by atoms with Crippen molar-refractivity contribution in [2.75, 3.05) is 19.0 Å². The second kappa shape index (κ2) is 11.5. The molecule has 0 bridgehead atoms. The molecule has 0 aliphatic carbocycles. The summed E-state index contributed by atoms with van der Waals surface area (Å²) in [4.78, 5) is 24.0. The van der Waals surface area contributed by atoms with Crippen LogP contribution in [-0.4, -0.2) is 30.7 Å². The van der Waals surface area contributed by atoms with Gasteiger partial charge in [0.15, 0.2) is 0 Å². The van der Waals surface area contributed by atoms with Crippen LogP contribution in [0.1, 0.15) is 56.7 Å². The smallest absolute Gasteiger partial charge is 0.331 e. The van der Waals surface area contributed by atoms with Crippen LogP contribution in [0.15, 0.2) is 42.0 Å². The normalized spacial score (nSPS) is 11.8. The fourth-order valence-electron chi connectivity index (χ4n) is 3.43. The van der Waals surface area contributed by atoms with Crippen LogP contribution in [-0.2, 0) is 9.59 Å². The lowest BCUT2D eigenvalue weighted by Crippen LogP contribution is -2.31. The Morgan fingerprint density at radius 1 is 1.06 bits per heavy atom. The number of carbonyl (C=O) groups is 2. The summed E-state index contributed by atoms with van der Waals surface area (Å²) in [6, 6.07) is 11.1. The lowest BCUT2D eigenvalue weighted by Gasteiger charge is -2.24. The molecule has 2 aromatic rings. The van der Waals surface area contributed by atoms with E-state index in [2.05, 4.69) is 5.32 Å². The summed E-state index contributed by atoms with van der Waals surface area (Å²) < 4.78 is 11.3. The Morgan fingerprint density at radius 3 is 2.24 bits per heavy atom. The van der Waals surface area contributed by atoms with E-state index in [4.69, 9.17) is 14.6 Å². The van der Waals surface area contributed by atoms with E-state index in [1.807, 2.05) is 39.8 Å². The molecule has 178 valence electrons. The van der Waals surface area contributed by atoms with Crippen molar-refractivity contribution in [1.82, 2.24) is 0 Å². The molecule has 2 N–H and O–H groups in total. The van der Waals surface area contributed by atoms with Gasteiger partial charge in [-0.25, -0.2) is 4.79 Å². The number of benzene rings is 2. The number of aryl methyl sites for hydroxylation is 2. The highest BCUT2D eigenvalue weighted by atomic mass is 16.5. The Kier molecular flexibility index (Phi) is 9.09. The van der Waals surface area contributed by atoms with Crippen molar-refractivity contribution in [3.05, 3.63) is 58.7 Å². The molecule has 6 heteroatoms. The zero-order valence-corrected chi connectivity index (χ0v) is 20.5. The highest BCUT2D eigenvalue weighted by Crippen LogP contribution is 2.29. The third-order valence-corrected chi connectivity index (χ3v) is 5.68. The molecular formula is C27H35NO5. The molecule has 0 heterocycles. The van der Waals surface area contributed by atoms with E-state index >= 15 is 0 Å². The first-order valence-corrected chi connectivity index (χ1v) is 11.2. The van der Waals surface area contributed by atoms with E-state index in [-0.39, 0.29) is 5.91 Å². The van der Waals surface area contributed by atoms with Crippen LogP contribution in [0.25, 0.3) is 6.08 Å². The average molecular weight is 454 g/mol. The van der Waals surface area contributed by atoms with E-state index in [9.17, 15) is 9.59 Å². The molecule has 0 atom stereocenters. The van der Waals surface area contributed by atoms with Crippen LogP contribution in [0.2, 0.25) is 0 Å². The molecular weight excluding hydrogens is 418 g/mol. The summed E-state index contributed by atoms with van der Waals surface area (Å²) in [5.74, 6) is 0.688. The number of nitrogens with one attached hydrogen (secondary N) is 1. The van der Waals surface area contributed by atoms with E-state index in [1.54, 1.807) is 44.4 Å². The number of anilines is 1. The van der Waals surface area contributed by atoms with Crippen molar-refractivity contribution < 1.29 is 24.2 Å². The van der Waals surface area contributed by atoms with Crippen LogP contribution in [0.4, 0.5) is 5.69 Å². The molecule has 0 saturated heterocycles. The first-order chi connectivity index (χ1) is 15.6. The topological polar surface area (TPSA) is 84.9 Å². The van der Waals surface area contributed by atoms with Gasteiger partial charge >= 0.3 is 5.97 Å². The minimum Gasteiger partial charge on any atom is -0.496 e. The van der Waals surface area contributed by atoms with Gasteiger partial charge in [-0.2, -0.15) is 0 Å². The van der Waals surface area contributed by atoms with Crippen molar-refractivity contribution in [3.63, 3.8) is 0 Å². The van der Waals surface area contributed by atoms with Gasteiger partial charge in [-0.3, -0.25) is 4.79 Å². The molecule has 2 aromatic carbocycles. The Morgan fingerprint density at radius 2 is 1.67 bits per heavy atom. The predicted octanol–water partition coefficient (Wildman–Crippen LogP) is 6.01. The Balaban J connectivity index is 1.89. The van der Waals surface area contributed by atoms with E-state index in [0.29, 0.717) is 30.7 Å². The molecule has 0 saturated carbocycles. The van der Waals surface area contributed by atoms with Gasteiger partial charge in [0.05, 0.1) is 13.7 Å². The molecule has 6 nitrogen and oxygen atoms in total. The molecule has 2 rings (SSSR count). The summed E-state index contributed by atoms with van der Waals surface area (Å²) in [5, 5.41) is 12.1. The van der Waals surface area contributed by atoms with Crippen molar-refractivity contribution in [3.8, 4) is 11.5 Å². The fourth-order valence-corrected chi connectivity index (χ4v) is 3.43. The highest BCUT2D eigenvalue weighted by Gasteiger charge is 2.27. The van der Waals surface area contributed by atoms with Crippen molar-refractivity contribution >= 4 is 23.6 Å². The van der Waals surface area contributed by atoms with Crippen LogP contribution in [0.5, 0.6) is 11.5 Å². The minimum absolute atomic E-state index is 0.0675. The summed E-state index contributed by atoms with van der Waals surface area (Å²) in [7, 11) is 1.66. The van der Waals surface area contributed by atoms with Gasteiger partial charge < -0.3 is 19.9 Å². The lowest BCUT2D eigenvalue weighted by atomic mass is 9.87. The molecule has 0 fully saturated rings. The molecule has 33 heavy (non-hydrogen) atoms. The summed E-state index contributed by atoms with van der Waals surface area (Å²) in [6.07, 6.45) is 3.50. The number of carbonyl (C=O) groups excluding carboxylic acids is 1. The zero-order chi connectivity index (χ0) is 24.6. The molecule has 0 radical (unpaired) electrons. The number of hydrogen-bond acceptors (Lipinski definition) is 4. The lowest BCUT2D eigenvalue weighted by molar-refractivity contribution is -0.132. The Labute approximate surface area is 196 Å². The molecule has 0 spiro atoms. The predicted molar refractivity (Wildman–Crippen MR) is 132 cm³/mol. The quantitative estimate of drug-likeness (QED) is 0.321. The first kappa shape index (κ1) is 26.0. The van der Waals surface area contributed by atoms with E-state index in [1.165, 1.54) is 0 Å². The monoisotopic (exact) mass is 453 g/mol. The number of ether oxygens (including phenoxy) is 2. The molecule has 0 aliphatic heterocycles. The number of carboxylic acid groups (broad SMARTS) is 1. The maximum Gasteiger partial charge on any atom is 0.331 e. The third kappa shape index (κ3) is 7.38. The average Bonchev–Trinajstić information content (AvgIpc) is 2.77. The largest absolute Gasteiger partial charge is 0.496 e. The summed E-state index contributed by atoms with van der Waals surface area (Å²) in [5.41, 5.74) is 3.28. The number of amides is 1. The van der Waals surface area contributed by atoms with Crippen molar-refractivity contribution in [2.24, 2.45) is 5.41 Å². The van der Waals surface area contributed by atoms with Gasteiger partial charge in [-0.15, -0.1) is 0 Å². The Bertz CT molecular complexity index is 1010. The number of hydrogen-bond donors (Lipinski definition) is 2. The van der Waals surface area contributed by atoms with Gasteiger partial charge in [0, 0.05) is 16.7 Å². The number of carboxylic acids is 1. The van der Waals surface area contributed by atoms with Gasteiger partial charge in [0.2, 0.25) is 5.91 Å². The van der Waals surface area contributed by atoms with Gasteiger partial charge in [0.1, 0.15) is 11.5 Å². The minimum atomic E-state index is -0.919. The fraction of sp³-hybridized carbons (Fsp3) is 0.407. The summed E-state index contributed by atoms with van der Waals surface area (Å²) >= 11 is 0. The molecule has 1 amide bonds. The number of rotatable bonds is 11. The Hall–Kier alpha value is -3.28. The second-order valence-electron chi connectivity index (χ2n) is 8.83. The maximum atomic E-state index is 12.8. The van der Waals surface area contributed by atoms with Crippen molar-refractivity contribution in [2.45, 2.75) is 53.9 Å². The zero-order valence-electron chi connectivity index (χ0n) is 20.5. The van der Waals surface area contributed by atoms with Gasteiger partial charge in [-0.1, -0.05) is 32.9 Å². The van der Waals surface area contributed by atoms with E-state index in [0.717, 1.165) is 34.6 Å². The first-order valence-electron chi connectivity index (χ1n) is 11.2. The van der Waals surface area contributed by atoms with Crippen LogP contribution < -0.4 is 14.8 Å². The second-order valence-corrected chi connectivity index (χ2v) is 8.83. The van der Waals surface area contributed by atoms with Crippen LogP contribution >= 0.6 is 0 Å². The van der Waals surface area contributed by atoms with Gasteiger partial charge in [0.25, 0.3) is 0 Å². The molecule has 0 aliphatic rings. The maximum absolute atomic E-state index is 12.8. The van der Waals surface area contributed by atoms with Crippen molar-refractivity contribution in [1.29, 1.82) is 0 Å². The number of aliphatic carboxylic acids is 1. The van der Waals surface area contributed by atoms with E-state index < -0.39 is 11.4 Å². The molecule has 0 unspecified atom stereocenters. The standard InChI is InChI=1S/C27H35NO5/c1-7-21(25(29)30)17-20-9-11-22(12-10-20)28-26(31)27(4,5)13-8-14-33-24-16-18(2)23(32-6)15-19(24)3/h9-12,15-17H,7-8,13-14H2,1-6H3,(H,28,31)(H,29,30)/b21-17+. The highest BCUT2D eigenvalue weighted by molar-refractivity contribution is 5.95. The SMILES string of the molecule is CC/C(=C\c1ccc(NC(=O)C(C)(C)CCCOc2cc(C)c(OC)cc2C)cc1)C(=O)O. The summed E-state index contributed by atoms with van der Waals surface area (Å²) in [6.45, 7) is 10.1.